The SMILES string of the molecule is C=C(Nc1ccc(C#Cc2cccnc2)cc1C)/C(C)=C/CNC. The van der Waals surface area contributed by atoms with Crippen molar-refractivity contribution in [3.63, 3.8) is 0 Å². The molecule has 0 unspecified atom stereocenters. The summed E-state index contributed by atoms with van der Waals surface area (Å²) in [6, 6.07) is 9.97. The van der Waals surface area contributed by atoms with E-state index in [2.05, 4.69) is 60.0 Å². The third-order valence-electron chi connectivity index (χ3n) is 3.61. The van der Waals surface area contributed by atoms with Crippen LogP contribution in [0.15, 0.2) is 66.7 Å². The molecular formula is C21H23N3. The number of aryl methyl sites for hydroxylation is 1. The van der Waals surface area contributed by atoms with Crippen molar-refractivity contribution in [3.05, 3.63) is 83.3 Å². The summed E-state index contributed by atoms with van der Waals surface area (Å²) in [4.78, 5) is 4.07. The van der Waals surface area contributed by atoms with Crippen molar-refractivity contribution in [1.29, 1.82) is 0 Å². The van der Waals surface area contributed by atoms with E-state index in [1.165, 1.54) is 0 Å². The van der Waals surface area contributed by atoms with Crippen LogP contribution in [0, 0.1) is 18.8 Å². The van der Waals surface area contributed by atoms with Crippen molar-refractivity contribution in [2.45, 2.75) is 13.8 Å². The van der Waals surface area contributed by atoms with E-state index in [-0.39, 0.29) is 0 Å². The maximum absolute atomic E-state index is 4.10. The Morgan fingerprint density at radius 3 is 2.71 bits per heavy atom. The van der Waals surface area contributed by atoms with Crippen molar-refractivity contribution >= 4 is 5.69 Å². The van der Waals surface area contributed by atoms with Crippen LogP contribution in [0.5, 0.6) is 0 Å². The van der Waals surface area contributed by atoms with Crippen molar-refractivity contribution in [3.8, 4) is 11.8 Å². The fourth-order valence-electron chi connectivity index (χ4n) is 2.10. The number of aromatic nitrogens is 1. The van der Waals surface area contributed by atoms with E-state index < -0.39 is 0 Å². The Hall–Kier alpha value is -2.83. The second kappa shape index (κ2) is 8.71. The van der Waals surface area contributed by atoms with Crippen LogP contribution < -0.4 is 10.6 Å². The van der Waals surface area contributed by atoms with Gasteiger partial charge in [0.2, 0.25) is 0 Å². The molecule has 2 N–H and O–H groups in total. The normalized spacial score (nSPS) is 10.7. The van der Waals surface area contributed by atoms with E-state index in [0.717, 1.165) is 40.2 Å². The molecule has 2 aromatic rings. The number of nitrogens with zero attached hydrogens (tertiary/aromatic N) is 1. The molecule has 1 aromatic carbocycles. The zero-order valence-electron chi connectivity index (χ0n) is 14.5. The van der Waals surface area contributed by atoms with Crippen LogP contribution in [-0.4, -0.2) is 18.6 Å². The number of allylic oxidation sites excluding steroid dienone is 1. The van der Waals surface area contributed by atoms with Gasteiger partial charge in [0.15, 0.2) is 0 Å². The lowest BCUT2D eigenvalue weighted by molar-refractivity contribution is 0.913. The minimum atomic E-state index is 0.828. The number of anilines is 1. The van der Waals surface area contributed by atoms with Gasteiger partial charge in [-0.15, -0.1) is 0 Å². The largest absolute Gasteiger partial charge is 0.356 e. The zero-order chi connectivity index (χ0) is 17.4. The first-order valence-corrected chi connectivity index (χ1v) is 7.90. The van der Waals surface area contributed by atoms with Crippen LogP contribution in [0.4, 0.5) is 5.69 Å². The highest BCUT2D eigenvalue weighted by atomic mass is 14.9. The molecule has 0 atom stereocenters. The summed E-state index contributed by atoms with van der Waals surface area (Å²) in [7, 11) is 1.93. The van der Waals surface area contributed by atoms with E-state index in [9.17, 15) is 0 Å². The summed E-state index contributed by atoms with van der Waals surface area (Å²) in [5.74, 6) is 6.30. The molecule has 0 aliphatic carbocycles. The van der Waals surface area contributed by atoms with Gasteiger partial charge in [-0.3, -0.25) is 4.98 Å². The third-order valence-corrected chi connectivity index (χ3v) is 3.61. The quantitative estimate of drug-likeness (QED) is 0.649. The number of benzene rings is 1. The average molecular weight is 317 g/mol. The molecule has 0 fully saturated rings. The lowest BCUT2D eigenvalue weighted by atomic mass is 10.1. The Bertz CT molecular complexity index is 793. The van der Waals surface area contributed by atoms with Crippen LogP contribution in [0.25, 0.3) is 0 Å². The smallest absolute Gasteiger partial charge is 0.0432 e. The molecule has 1 heterocycles. The first-order chi connectivity index (χ1) is 11.6. The first kappa shape index (κ1) is 17.5. The molecule has 0 saturated carbocycles. The van der Waals surface area contributed by atoms with Crippen LogP contribution >= 0.6 is 0 Å². The molecular weight excluding hydrogens is 294 g/mol. The van der Waals surface area contributed by atoms with E-state index in [0.29, 0.717) is 0 Å². The summed E-state index contributed by atoms with van der Waals surface area (Å²) in [6.07, 6.45) is 5.62. The molecule has 0 spiro atoms. The maximum atomic E-state index is 4.10. The molecule has 0 bridgehead atoms. The monoisotopic (exact) mass is 317 g/mol. The summed E-state index contributed by atoms with van der Waals surface area (Å²) in [6.45, 7) is 9.05. The van der Waals surface area contributed by atoms with Gasteiger partial charge < -0.3 is 10.6 Å². The number of hydrogen-bond acceptors (Lipinski definition) is 3. The van der Waals surface area contributed by atoms with Gasteiger partial charge in [-0.2, -0.15) is 0 Å². The van der Waals surface area contributed by atoms with Gasteiger partial charge >= 0.3 is 0 Å². The summed E-state index contributed by atoms with van der Waals surface area (Å²) in [5.41, 5.74) is 6.11. The summed E-state index contributed by atoms with van der Waals surface area (Å²) >= 11 is 0. The summed E-state index contributed by atoms with van der Waals surface area (Å²) < 4.78 is 0. The van der Waals surface area contributed by atoms with E-state index in [1.54, 1.807) is 12.4 Å². The highest BCUT2D eigenvalue weighted by molar-refractivity contribution is 5.60. The fraction of sp³-hybridized carbons (Fsp3) is 0.190. The van der Waals surface area contributed by atoms with Crippen molar-refractivity contribution in [1.82, 2.24) is 10.3 Å². The van der Waals surface area contributed by atoms with Gasteiger partial charge in [0, 0.05) is 41.4 Å². The summed E-state index contributed by atoms with van der Waals surface area (Å²) in [5, 5.41) is 6.47. The lowest BCUT2D eigenvalue weighted by Gasteiger charge is -2.13. The van der Waals surface area contributed by atoms with Gasteiger partial charge in [0.25, 0.3) is 0 Å². The van der Waals surface area contributed by atoms with Crippen molar-refractivity contribution < 1.29 is 0 Å². The van der Waals surface area contributed by atoms with Crippen molar-refractivity contribution in [2.24, 2.45) is 0 Å². The van der Waals surface area contributed by atoms with Gasteiger partial charge in [-0.05, 0) is 62.4 Å². The number of likely N-dealkylation sites (N-methyl/N-ethyl adjacent to an activating group) is 1. The van der Waals surface area contributed by atoms with Crippen molar-refractivity contribution in [2.75, 3.05) is 18.9 Å². The van der Waals surface area contributed by atoms with E-state index in [4.69, 9.17) is 0 Å². The topological polar surface area (TPSA) is 37.0 Å². The molecule has 0 saturated heterocycles. The van der Waals surface area contributed by atoms with Crippen LogP contribution in [-0.2, 0) is 0 Å². The van der Waals surface area contributed by atoms with Gasteiger partial charge in [-0.25, -0.2) is 0 Å². The van der Waals surface area contributed by atoms with Crippen LogP contribution in [0.2, 0.25) is 0 Å². The Morgan fingerprint density at radius 1 is 1.25 bits per heavy atom. The maximum Gasteiger partial charge on any atom is 0.0432 e. The van der Waals surface area contributed by atoms with Crippen LogP contribution in [0.3, 0.4) is 0 Å². The standard InChI is InChI=1S/C21H23N3/c1-16(11-13-22-4)18(3)24-21-10-9-19(14-17(21)2)7-8-20-6-5-12-23-15-20/h5-6,9-12,14-15,22,24H,3,13H2,1-2,4H3/b16-11+. The lowest BCUT2D eigenvalue weighted by Crippen LogP contribution is -2.07. The second-order valence-corrected chi connectivity index (χ2v) is 5.57. The number of pyridine rings is 1. The Balaban J connectivity index is 2.10. The van der Waals surface area contributed by atoms with Gasteiger partial charge in [0.05, 0.1) is 0 Å². The molecule has 24 heavy (non-hydrogen) atoms. The highest BCUT2D eigenvalue weighted by Crippen LogP contribution is 2.20. The highest BCUT2D eigenvalue weighted by Gasteiger charge is 2.02. The second-order valence-electron chi connectivity index (χ2n) is 5.57. The molecule has 0 aliphatic rings. The Kier molecular flexibility index (Phi) is 6.36. The predicted octanol–water partition coefficient (Wildman–Crippen LogP) is 3.88. The molecule has 0 amide bonds. The fourth-order valence-corrected chi connectivity index (χ4v) is 2.10. The van der Waals surface area contributed by atoms with E-state index >= 15 is 0 Å². The average Bonchev–Trinajstić information content (AvgIpc) is 2.60. The van der Waals surface area contributed by atoms with Gasteiger partial charge in [0.1, 0.15) is 0 Å². The molecule has 122 valence electrons. The molecule has 3 nitrogen and oxygen atoms in total. The third kappa shape index (κ3) is 5.12. The molecule has 2 rings (SSSR count). The molecule has 1 aromatic heterocycles. The predicted molar refractivity (Wildman–Crippen MR) is 102 cm³/mol. The zero-order valence-corrected chi connectivity index (χ0v) is 14.5. The molecule has 0 radical (unpaired) electrons. The first-order valence-electron chi connectivity index (χ1n) is 7.90. The Labute approximate surface area is 144 Å². The number of nitrogens with one attached hydrogen (secondary N) is 2. The van der Waals surface area contributed by atoms with Crippen LogP contribution in [0.1, 0.15) is 23.6 Å². The molecule has 3 heteroatoms. The number of rotatable bonds is 5. The minimum absolute atomic E-state index is 0.828. The minimum Gasteiger partial charge on any atom is -0.356 e. The van der Waals surface area contributed by atoms with E-state index in [1.807, 2.05) is 31.3 Å². The van der Waals surface area contributed by atoms with Gasteiger partial charge in [-0.1, -0.05) is 24.5 Å². The Morgan fingerprint density at radius 2 is 2.04 bits per heavy atom. The number of hydrogen-bond donors (Lipinski definition) is 2. The molecule has 0 aliphatic heterocycles.